The van der Waals surface area contributed by atoms with Crippen LogP contribution < -0.4 is 4.74 Å². The minimum absolute atomic E-state index is 0.168. The molecule has 1 saturated heterocycles. The zero-order chi connectivity index (χ0) is 14.8. The molecular weight excluding hydrogens is 258 g/mol. The molecule has 2 rings (SSSR count). The van der Waals surface area contributed by atoms with Crippen molar-refractivity contribution < 1.29 is 19.4 Å². The van der Waals surface area contributed by atoms with Crippen LogP contribution in [0, 0.1) is 5.41 Å². The van der Waals surface area contributed by atoms with E-state index >= 15 is 0 Å². The number of benzene rings is 1. The zero-order valence-corrected chi connectivity index (χ0v) is 11.8. The normalized spacial score (nSPS) is 21.8. The van der Waals surface area contributed by atoms with Crippen LogP contribution in [-0.4, -0.2) is 41.6 Å². The summed E-state index contributed by atoms with van der Waals surface area (Å²) in [4.78, 5) is 25.3. The molecule has 1 aromatic carbocycles. The van der Waals surface area contributed by atoms with E-state index in [0.29, 0.717) is 30.9 Å². The molecule has 0 bridgehead atoms. The van der Waals surface area contributed by atoms with Gasteiger partial charge in [-0.2, -0.15) is 0 Å². The maximum absolute atomic E-state index is 12.5. The molecule has 1 heterocycles. The van der Waals surface area contributed by atoms with Crippen molar-refractivity contribution >= 4 is 11.9 Å². The van der Waals surface area contributed by atoms with Crippen molar-refractivity contribution in [1.29, 1.82) is 0 Å². The Bertz CT molecular complexity index is 528. The van der Waals surface area contributed by atoms with Crippen LogP contribution in [0.15, 0.2) is 24.3 Å². The predicted molar refractivity (Wildman–Crippen MR) is 73.9 cm³/mol. The highest BCUT2D eigenvalue weighted by molar-refractivity contribution is 5.97. The van der Waals surface area contributed by atoms with Gasteiger partial charge in [0.15, 0.2) is 0 Å². The van der Waals surface area contributed by atoms with Crippen molar-refractivity contribution in [3.63, 3.8) is 0 Å². The summed E-state index contributed by atoms with van der Waals surface area (Å²) >= 11 is 0. The van der Waals surface area contributed by atoms with Crippen LogP contribution in [0.4, 0.5) is 0 Å². The van der Waals surface area contributed by atoms with E-state index in [2.05, 4.69) is 0 Å². The van der Waals surface area contributed by atoms with Gasteiger partial charge in [0.25, 0.3) is 5.91 Å². The van der Waals surface area contributed by atoms with Crippen molar-refractivity contribution in [2.45, 2.75) is 20.3 Å². The number of amides is 1. The Morgan fingerprint density at radius 3 is 2.70 bits per heavy atom. The summed E-state index contributed by atoms with van der Waals surface area (Å²) in [7, 11) is 0. The molecule has 1 N–H and O–H groups in total. The second kappa shape index (κ2) is 5.53. The first-order valence-electron chi connectivity index (χ1n) is 6.72. The number of nitrogens with zero attached hydrogens (tertiary/aromatic N) is 1. The summed E-state index contributed by atoms with van der Waals surface area (Å²) in [5.74, 6) is -0.478. The Morgan fingerprint density at radius 2 is 2.10 bits per heavy atom. The maximum atomic E-state index is 12.5. The molecule has 108 valence electrons. The van der Waals surface area contributed by atoms with Crippen LogP contribution in [0.5, 0.6) is 5.75 Å². The molecule has 0 saturated carbocycles. The number of rotatable bonds is 4. The molecule has 0 spiro atoms. The van der Waals surface area contributed by atoms with E-state index in [1.807, 2.05) is 13.0 Å². The highest BCUT2D eigenvalue weighted by atomic mass is 16.5. The van der Waals surface area contributed by atoms with Gasteiger partial charge in [0, 0.05) is 13.1 Å². The lowest BCUT2D eigenvalue weighted by Gasteiger charge is -2.21. The second-order valence-electron chi connectivity index (χ2n) is 5.27. The van der Waals surface area contributed by atoms with E-state index in [4.69, 9.17) is 4.74 Å². The molecule has 0 aromatic heterocycles. The van der Waals surface area contributed by atoms with Gasteiger partial charge >= 0.3 is 5.97 Å². The van der Waals surface area contributed by atoms with Gasteiger partial charge in [0.05, 0.1) is 17.6 Å². The smallest absolute Gasteiger partial charge is 0.311 e. The summed E-state index contributed by atoms with van der Waals surface area (Å²) in [6.45, 7) is 4.72. The van der Waals surface area contributed by atoms with Crippen molar-refractivity contribution in [3.8, 4) is 5.75 Å². The lowest BCUT2D eigenvalue weighted by molar-refractivity contribution is -0.147. The van der Waals surface area contributed by atoms with Gasteiger partial charge in [-0.3, -0.25) is 9.59 Å². The van der Waals surface area contributed by atoms with E-state index < -0.39 is 11.4 Å². The highest BCUT2D eigenvalue weighted by Gasteiger charge is 2.42. The first kappa shape index (κ1) is 14.4. The number of aliphatic carboxylic acids is 1. The Labute approximate surface area is 118 Å². The molecule has 0 radical (unpaired) electrons. The molecule has 1 aliphatic heterocycles. The standard InChI is InChI=1S/C15H19NO4/c1-3-20-12-7-5-4-6-11(12)13(17)16-9-8-15(2,10-16)14(18)19/h4-7H,3,8-10H2,1-2H3,(H,18,19)/t15-/m0/s1. The molecular formula is C15H19NO4. The van der Waals surface area contributed by atoms with Crippen LogP contribution in [-0.2, 0) is 4.79 Å². The third-order valence-corrected chi connectivity index (χ3v) is 3.69. The van der Waals surface area contributed by atoms with Crippen LogP contribution in [0.2, 0.25) is 0 Å². The maximum Gasteiger partial charge on any atom is 0.311 e. The monoisotopic (exact) mass is 277 g/mol. The van der Waals surface area contributed by atoms with E-state index in [0.717, 1.165) is 0 Å². The van der Waals surface area contributed by atoms with Crippen LogP contribution in [0.25, 0.3) is 0 Å². The second-order valence-corrected chi connectivity index (χ2v) is 5.27. The molecule has 5 heteroatoms. The molecule has 1 aliphatic rings. The fourth-order valence-electron chi connectivity index (χ4n) is 2.40. The van der Waals surface area contributed by atoms with Crippen molar-refractivity contribution in [3.05, 3.63) is 29.8 Å². The Morgan fingerprint density at radius 1 is 1.40 bits per heavy atom. The number of carbonyl (C=O) groups excluding carboxylic acids is 1. The summed E-state index contributed by atoms with van der Waals surface area (Å²) in [5.41, 5.74) is -0.361. The van der Waals surface area contributed by atoms with Gasteiger partial charge in [-0.25, -0.2) is 0 Å². The molecule has 20 heavy (non-hydrogen) atoms. The predicted octanol–water partition coefficient (Wildman–Crippen LogP) is 2.02. The minimum Gasteiger partial charge on any atom is -0.493 e. The lowest BCUT2D eigenvalue weighted by Crippen LogP contribution is -2.35. The van der Waals surface area contributed by atoms with E-state index in [9.17, 15) is 14.7 Å². The number of likely N-dealkylation sites (tertiary alicyclic amines) is 1. The molecule has 5 nitrogen and oxygen atoms in total. The molecule has 1 aromatic rings. The average Bonchev–Trinajstić information content (AvgIpc) is 2.83. The topological polar surface area (TPSA) is 66.8 Å². The van der Waals surface area contributed by atoms with Gasteiger partial charge in [-0.05, 0) is 32.4 Å². The van der Waals surface area contributed by atoms with Crippen molar-refractivity contribution in [1.82, 2.24) is 4.90 Å². The molecule has 1 atom stereocenters. The van der Waals surface area contributed by atoms with Gasteiger partial charge in [0.1, 0.15) is 5.75 Å². The highest BCUT2D eigenvalue weighted by Crippen LogP contribution is 2.32. The molecule has 0 unspecified atom stereocenters. The minimum atomic E-state index is -0.856. The average molecular weight is 277 g/mol. The quantitative estimate of drug-likeness (QED) is 0.914. The van der Waals surface area contributed by atoms with Crippen LogP contribution in [0.3, 0.4) is 0 Å². The summed E-state index contributed by atoms with van der Waals surface area (Å²) in [5, 5.41) is 9.22. The fourth-order valence-corrected chi connectivity index (χ4v) is 2.40. The summed E-state index contributed by atoms with van der Waals surface area (Å²) in [6, 6.07) is 7.06. The van der Waals surface area contributed by atoms with Gasteiger partial charge in [-0.1, -0.05) is 12.1 Å². The number of para-hydroxylation sites is 1. The number of carbonyl (C=O) groups is 2. The summed E-state index contributed by atoms with van der Waals surface area (Å²) in [6.07, 6.45) is 0.477. The number of carboxylic acids is 1. The van der Waals surface area contributed by atoms with Gasteiger partial charge in [-0.15, -0.1) is 0 Å². The fraction of sp³-hybridized carbons (Fsp3) is 0.467. The largest absolute Gasteiger partial charge is 0.493 e. The Balaban J connectivity index is 2.19. The van der Waals surface area contributed by atoms with E-state index in [1.165, 1.54) is 0 Å². The van der Waals surface area contributed by atoms with Crippen LogP contribution in [0.1, 0.15) is 30.6 Å². The number of hydrogen-bond donors (Lipinski definition) is 1. The Kier molecular flexibility index (Phi) is 3.97. The first-order valence-corrected chi connectivity index (χ1v) is 6.72. The van der Waals surface area contributed by atoms with Crippen molar-refractivity contribution in [2.75, 3.05) is 19.7 Å². The van der Waals surface area contributed by atoms with Gasteiger partial charge < -0.3 is 14.7 Å². The van der Waals surface area contributed by atoms with E-state index in [-0.39, 0.29) is 12.5 Å². The number of hydrogen-bond acceptors (Lipinski definition) is 3. The summed E-state index contributed by atoms with van der Waals surface area (Å²) < 4.78 is 5.45. The Hall–Kier alpha value is -2.04. The molecule has 1 amide bonds. The molecule has 0 aliphatic carbocycles. The van der Waals surface area contributed by atoms with Gasteiger partial charge in [0.2, 0.25) is 0 Å². The molecule has 1 fully saturated rings. The SMILES string of the molecule is CCOc1ccccc1C(=O)N1CC[C@](C)(C(=O)O)C1. The lowest BCUT2D eigenvalue weighted by atomic mass is 9.90. The van der Waals surface area contributed by atoms with E-state index in [1.54, 1.807) is 30.0 Å². The van der Waals surface area contributed by atoms with Crippen molar-refractivity contribution in [2.24, 2.45) is 5.41 Å². The number of carboxylic acid groups (broad SMARTS) is 1. The number of ether oxygens (including phenoxy) is 1. The third-order valence-electron chi connectivity index (χ3n) is 3.69. The van der Waals surface area contributed by atoms with Crippen LogP contribution >= 0.6 is 0 Å². The first-order chi connectivity index (χ1) is 9.48. The zero-order valence-electron chi connectivity index (χ0n) is 11.8. The third kappa shape index (κ3) is 2.61.